The fourth-order valence-corrected chi connectivity index (χ4v) is 3.00. The molecule has 1 rings (SSSR count). The van der Waals surface area contributed by atoms with Gasteiger partial charge in [-0.1, -0.05) is 33.1 Å². The molecular weight excluding hydrogens is 372 g/mol. The zero-order chi connectivity index (χ0) is 21.7. The number of carboxylic acid groups (broad SMARTS) is 3. The molecule has 0 radical (unpaired) electrons. The van der Waals surface area contributed by atoms with Crippen LogP contribution in [0.1, 0.15) is 65.7 Å². The highest BCUT2D eigenvalue weighted by Gasteiger charge is 2.60. The van der Waals surface area contributed by atoms with Gasteiger partial charge in [0.2, 0.25) is 0 Å². The molecule has 9 heteroatoms. The van der Waals surface area contributed by atoms with Gasteiger partial charge in [-0.2, -0.15) is 0 Å². The van der Waals surface area contributed by atoms with Crippen molar-refractivity contribution < 1.29 is 44.0 Å². The van der Waals surface area contributed by atoms with E-state index >= 15 is 0 Å². The maximum absolute atomic E-state index is 11.7. The van der Waals surface area contributed by atoms with E-state index in [1.165, 1.54) is 6.92 Å². The molecule has 1 heterocycles. The van der Waals surface area contributed by atoms with E-state index in [1.807, 2.05) is 6.92 Å². The molecule has 0 aromatic heterocycles. The van der Waals surface area contributed by atoms with E-state index in [2.05, 4.69) is 11.7 Å². The van der Waals surface area contributed by atoms with Crippen molar-refractivity contribution in [1.82, 2.24) is 0 Å². The van der Waals surface area contributed by atoms with E-state index in [0.717, 1.165) is 32.1 Å². The molecule has 1 aliphatic heterocycles. The minimum absolute atomic E-state index is 0.0227. The van der Waals surface area contributed by atoms with Crippen LogP contribution in [-0.4, -0.2) is 58.0 Å². The van der Waals surface area contributed by atoms with Crippen LogP contribution in [0.3, 0.4) is 0 Å². The minimum atomic E-state index is -2.42. The third kappa shape index (κ3) is 7.10. The highest BCUT2D eigenvalue weighted by atomic mass is 16.6. The Morgan fingerprint density at radius 3 is 2.18 bits per heavy atom. The quantitative estimate of drug-likeness (QED) is 0.284. The van der Waals surface area contributed by atoms with E-state index in [-0.39, 0.29) is 25.6 Å². The van der Waals surface area contributed by atoms with Crippen molar-refractivity contribution in [3.8, 4) is 0 Å². The van der Waals surface area contributed by atoms with Crippen LogP contribution < -0.4 is 0 Å². The molecule has 0 spiro atoms. The normalized spacial score (nSPS) is 22.3. The highest BCUT2D eigenvalue weighted by molar-refractivity contribution is 6.06. The Bertz CT molecular complexity index is 531. The number of carboxylic acids is 3. The Hall–Kier alpha value is -2.16. The second-order valence-electron chi connectivity index (χ2n) is 6.58. The summed E-state index contributed by atoms with van der Waals surface area (Å²) in [6.45, 7) is 5.55. The molecule has 0 amide bonds. The zero-order valence-electron chi connectivity index (χ0n) is 16.8. The van der Waals surface area contributed by atoms with Gasteiger partial charge in [-0.3, -0.25) is 9.59 Å². The molecule has 0 aromatic rings. The lowest BCUT2D eigenvalue weighted by Gasteiger charge is -2.35. The number of aliphatic carboxylic acids is 3. The van der Waals surface area contributed by atoms with Crippen LogP contribution in [-0.2, 0) is 28.7 Å². The Morgan fingerprint density at radius 2 is 1.75 bits per heavy atom. The molecule has 3 N–H and O–H groups in total. The van der Waals surface area contributed by atoms with Crippen LogP contribution in [0.5, 0.6) is 0 Å². The molecule has 3 atom stereocenters. The SMILES string of the molecule is CCCCCC(CC)C(=O)O.CCOC(=O)C1(C(=O)O)OCCCC1C(=O)O. The van der Waals surface area contributed by atoms with Crippen LogP contribution in [0, 0.1) is 11.8 Å². The van der Waals surface area contributed by atoms with E-state index in [9.17, 15) is 19.2 Å². The average molecular weight is 404 g/mol. The highest BCUT2D eigenvalue weighted by Crippen LogP contribution is 2.33. The molecule has 0 aromatic carbocycles. The predicted molar refractivity (Wildman–Crippen MR) is 98.9 cm³/mol. The largest absolute Gasteiger partial charge is 0.481 e. The zero-order valence-corrected chi connectivity index (χ0v) is 16.8. The summed E-state index contributed by atoms with van der Waals surface area (Å²) in [5.41, 5.74) is -2.42. The summed E-state index contributed by atoms with van der Waals surface area (Å²) in [5, 5.41) is 26.8. The van der Waals surface area contributed by atoms with Gasteiger partial charge in [0.15, 0.2) is 0 Å². The molecule has 3 unspecified atom stereocenters. The molecule has 1 aliphatic rings. The number of rotatable bonds is 10. The number of hydrogen-bond acceptors (Lipinski definition) is 6. The molecular formula is C19H32O9. The monoisotopic (exact) mass is 404 g/mol. The number of carbonyl (C=O) groups excluding carboxylic acids is 1. The fourth-order valence-electron chi connectivity index (χ4n) is 3.00. The second-order valence-corrected chi connectivity index (χ2v) is 6.58. The van der Waals surface area contributed by atoms with Gasteiger partial charge in [0.25, 0.3) is 5.60 Å². The molecule has 28 heavy (non-hydrogen) atoms. The van der Waals surface area contributed by atoms with Gasteiger partial charge in [-0.05, 0) is 32.6 Å². The van der Waals surface area contributed by atoms with E-state index in [1.54, 1.807) is 0 Å². The molecule has 9 nitrogen and oxygen atoms in total. The van der Waals surface area contributed by atoms with Gasteiger partial charge in [-0.25, -0.2) is 9.59 Å². The molecule has 0 saturated carbocycles. The maximum Gasteiger partial charge on any atom is 0.351 e. The van der Waals surface area contributed by atoms with Crippen molar-refractivity contribution in [3.63, 3.8) is 0 Å². The smallest absolute Gasteiger partial charge is 0.351 e. The molecule has 1 fully saturated rings. The van der Waals surface area contributed by atoms with Crippen molar-refractivity contribution in [2.75, 3.05) is 13.2 Å². The van der Waals surface area contributed by atoms with Crippen LogP contribution in [0.15, 0.2) is 0 Å². The lowest BCUT2D eigenvalue weighted by Crippen LogP contribution is -2.60. The summed E-state index contributed by atoms with van der Waals surface area (Å²) in [6.07, 6.45) is 5.45. The number of carbonyl (C=O) groups is 4. The Balaban J connectivity index is 0.000000576. The predicted octanol–water partition coefficient (Wildman–Crippen LogP) is 2.56. The first kappa shape index (κ1) is 25.8. The summed E-state index contributed by atoms with van der Waals surface area (Å²) in [4.78, 5) is 44.5. The van der Waals surface area contributed by atoms with Crippen molar-refractivity contribution in [3.05, 3.63) is 0 Å². The number of esters is 1. The van der Waals surface area contributed by atoms with Crippen molar-refractivity contribution in [2.24, 2.45) is 11.8 Å². The number of unbranched alkanes of at least 4 members (excludes halogenated alkanes) is 2. The topological polar surface area (TPSA) is 147 Å². The molecule has 0 bridgehead atoms. The average Bonchev–Trinajstić information content (AvgIpc) is 2.65. The van der Waals surface area contributed by atoms with Gasteiger partial charge >= 0.3 is 23.9 Å². The lowest BCUT2D eigenvalue weighted by atomic mass is 9.81. The summed E-state index contributed by atoms with van der Waals surface area (Å²) in [6, 6.07) is 0. The maximum atomic E-state index is 11.7. The number of ether oxygens (including phenoxy) is 2. The first-order valence-electron chi connectivity index (χ1n) is 9.69. The van der Waals surface area contributed by atoms with Crippen LogP contribution in [0.25, 0.3) is 0 Å². The van der Waals surface area contributed by atoms with Crippen LogP contribution in [0.2, 0.25) is 0 Å². The Morgan fingerprint density at radius 1 is 1.11 bits per heavy atom. The third-order valence-electron chi connectivity index (χ3n) is 4.65. The van der Waals surface area contributed by atoms with E-state index in [0.29, 0.717) is 6.42 Å². The summed E-state index contributed by atoms with van der Waals surface area (Å²) >= 11 is 0. The Kier molecular flexibility index (Phi) is 12.1. The lowest BCUT2D eigenvalue weighted by molar-refractivity contribution is -0.207. The summed E-state index contributed by atoms with van der Waals surface area (Å²) < 4.78 is 9.58. The van der Waals surface area contributed by atoms with Gasteiger partial charge in [0.1, 0.15) is 5.92 Å². The first-order chi connectivity index (χ1) is 13.2. The van der Waals surface area contributed by atoms with Gasteiger partial charge in [-0.15, -0.1) is 0 Å². The van der Waals surface area contributed by atoms with Gasteiger partial charge < -0.3 is 24.8 Å². The fraction of sp³-hybridized carbons (Fsp3) is 0.789. The molecule has 162 valence electrons. The molecule has 1 saturated heterocycles. The second kappa shape index (κ2) is 13.1. The minimum Gasteiger partial charge on any atom is -0.481 e. The summed E-state index contributed by atoms with van der Waals surface area (Å²) in [5.74, 6) is -6.32. The summed E-state index contributed by atoms with van der Waals surface area (Å²) in [7, 11) is 0. The van der Waals surface area contributed by atoms with Gasteiger partial charge in [0.05, 0.1) is 12.5 Å². The van der Waals surface area contributed by atoms with Crippen LogP contribution >= 0.6 is 0 Å². The number of hydrogen-bond donors (Lipinski definition) is 3. The Labute approximate surface area is 165 Å². The van der Waals surface area contributed by atoms with Crippen molar-refractivity contribution in [2.45, 2.75) is 71.3 Å². The van der Waals surface area contributed by atoms with Gasteiger partial charge in [0, 0.05) is 6.61 Å². The first-order valence-corrected chi connectivity index (χ1v) is 9.69. The van der Waals surface area contributed by atoms with E-state index in [4.69, 9.17) is 20.1 Å². The van der Waals surface area contributed by atoms with E-state index < -0.39 is 35.4 Å². The standard InChI is InChI=1S/C10H14O7.C9H18O2/c1-2-16-9(15)10(8(13)14)6(7(11)12)4-3-5-17-10;1-3-5-6-7-8(4-2)9(10)11/h6H,2-5H2,1H3,(H,11,12)(H,13,14);8H,3-7H2,1-2H3,(H,10,11). The molecule has 0 aliphatic carbocycles. The third-order valence-corrected chi connectivity index (χ3v) is 4.65. The van der Waals surface area contributed by atoms with Crippen LogP contribution in [0.4, 0.5) is 0 Å². The van der Waals surface area contributed by atoms with Crippen molar-refractivity contribution in [1.29, 1.82) is 0 Å². The van der Waals surface area contributed by atoms with Crippen molar-refractivity contribution >= 4 is 23.9 Å².